The van der Waals surface area contributed by atoms with Crippen LogP contribution in [0.3, 0.4) is 0 Å². The van der Waals surface area contributed by atoms with E-state index in [0.29, 0.717) is 17.9 Å². The van der Waals surface area contributed by atoms with Crippen LogP contribution in [0.5, 0.6) is 0 Å². The number of H-pyrrole nitrogens is 1. The lowest BCUT2D eigenvalue weighted by atomic mass is 10.2. The van der Waals surface area contributed by atoms with Gasteiger partial charge in [0.2, 0.25) is 0 Å². The normalized spacial score (nSPS) is 10.7. The van der Waals surface area contributed by atoms with Crippen molar-refractivity contribution in [3.63, 3.8) is 0 Å². The SMILES string of the molecule is CCOC(=O)Cc1[nH]n(-c2nc(C)cc(C)n2)c(=O)c1C. The minimum Gasteiger partial charge on any atom is -0.466 e. The Kier molecular flexibility index (Phi) is 4.21. The Morgan fingerprint density at radius 3 is 2.48 bits per heavy atom. The molecular weight excluding hydrogens is 272 g/mol. The first kappa shape index (κ1) is 15.0. The lowest BCUT2D eigenvalue weighted by Crippen LogP contribution is -2.19. The van der Waals surface area contributed by atoms with Crippen LogP contribution in [0.1, 0.15) is 29.6 Å². The number of esters is 1. The van der Waals surface area contributed by atoms with E-state index in [1.807, 2.05) is 19.9 Å². The first-order valence-corrected chi connectivity index (χ1v) is 6.71. The van der Waals surface area contributed by atoms with Crippen LogP contribution in [-0.2, 0) is 16.0 Å². The largest absolute Gasteiger partial charge is 0.466 e. The zero-order valence-corrected chi connectivity index (χ0v) is 12.6. The lowest BCUT2D eigenvalue weighted by Gasteiger charge is -2.03. The highest BCUT2D eigenvalue weighted by Crippen LogP contribution is 2.07. The average Bonchev–Trinajstić information content (AvgIpc) is 2.66. The molecule has 0 aliphatic rings. The van der Waals surface area contributed by atoms with Crippen LogP contribution in [0.15, 0.2) is 10.9 Å². The maximum atomic E-state index is 12.3. The highest BCUT2D eigenvalue weighted by atomic mass is 16.5. The molecule has 112 valence electrons. The second-order valence-electron chi connectivity index (χ2n) is 4.79. The highest BCUT2D eigenvalue weighted by molar-refractivity contribution is 5.72. The van der Waals surface area contributed by atoms with Gasteiger partial charge in [0, 0.05) is 17.0 Å². The lowest BCUT2D eigenvalue weighted by molar-refractivity contribution is -0.142. The fourth-order valence-corrected chi connectivity index (χ4v) is 2.04. The number of carbonyl (C=O) groups is 1. The highest BCUT2D eigenvalue weighted by Gasteiger charge is 2.16. The Balaban J connectivity index is 2.42. The van der Waals surface area contributed by atoms with E-state index in [4.69, 9.17) is 4.74 Å². The van der Waals surface area contributed by atoms with E-state index in [0.717, 1.165) is 11.4 Å². The van der Waals surface area contributed by atoms with Crippen molar-refractivity contribution in [2.75, 3.05) is 6.61 Å². The maximum absolute atomic E-state index is 12.3. The summed E-state index contributed by atoms with van der Waals surface area (Å²) in [4.78, 5) is 32.3. The zero-order chi connectivity index (χ0) is 15.6. The minimum absolute atomic E-state index is 0.0205. The molecule has 2 aromatic rings. The van der Waals surface area contributed by atoms with Crippen LogP contribution < -0.4 is 5.56 Å². The van der Waals surface area contributed by atoms with Gasteiger partial charge in [0.15, 0.2) is 0 Å². The van der Waals surface area contributed by atoms with Crippen molar-refractivity contribution >= 4 is 5.97 Å². The summed E-state index contributed by atoms with van der Waals surface area (Å²) in [5, 5.41) is 2.89. The van der Waals surface area contributed by atoms with Crippen LogP contribution in [0.4, 0.5) is 0 Å². The van der Waals surface area contributed by atoms with Gasteiger partial charge in [0.25, 0.3) is 11.5 Å². The molecule has 2 rings (SSSR count). The van der Waals surface area contributed by atoms with Gasteiger partial charge < -0.3 is 4.74 Å². The van der Waals surface area contributed by atoms with Crippen LogP contribution in [-0.4, -0.2) is 32.3 Å². The van der Waals surface area contributed by atoms with E-state index >= 15 is 0 Å². The summed E-state index contributed by atoms with van der Waals surface area (Å²) in [7, 11) is 0. The molecule has 0 amide bonds. The molecule has 0 aliphatic carbocycles. The van der Waals surface area contributed by atoms with Crippen molar-refractivity contribution in [2.24, 2.45) is 0 Å². The van der Waals surface area contributed by atoms with Crippen molar-refractivity contribution in [2.45, 2.75) is 34.1 Å². The van der Waals surface area contributed by atoms with Crippen molar-refractivity contribution < 1.29 is 9.53 Å². The number of aromatic nitrogens is 4. The van der Waals surface area contributed by atoms with Gasteiger partial charge in [0.05, 0.1) is 18.7 Å². The molecule has 7 nitrogen and oxygen atoms in total. The maximum Gasteiger partial charge on any atom is 0.311 e. The summed E-state index contributed by atoms with van der Waals surface area (Å²) < 4.78 is 6.15. The van der Waals surface area contributed by atoms with E-state index in [9.17, 15) is 9.59 Å². The first-order chi connectivity index (χ1) is 9.92. The second kappa shape index (κ2) is 5.90. The minimum atomic E-state index is -0.379. The third-order valence-corrected chi connectivity index (χ3v) is 3.02. The van der Waals surface area contributed by atoms with Gasteiger partial charge in [-0.25, -0.2) is 9.97 Å². The van der Waals surface area contributed by atoms with Gasteiger partial charge >= 0.3 is 5.97 Å². The molecule has 2 aromatic heterocycles. The van der Waals surface area contributed by atoms with E-state index in [-0.39, 0.29) is 23.9 Å². The third kappa shape index (κ3) is 3.18. The topological polar surface area (TPSA) is 89.9 Å². The van der Waals surface area contributed by atoms with Crippen molar-refractivity contribution in [1.29, 1.82) is 0 Å². The summed E-state index contributed by atoms with van der Waals surface area (Å²) in [5.41, 5.74) is 2.25. The number of rotatable bonds is 4. The van der Waals surface area contributed by atoms with Gasteiger partial charge in [-0.1, -0.05) is 0 Å². The molecule has 21 heavy (non-hydrogen) atoms. The summed E-state index contributed by atoms with van der Waals surface area (Å²) in [6.07, 6.45) is 0.0205. The third-order valence-electron chi connectivity index (χ3n) is 3.02. The van der Waals surface area contributed by atoms with Gasteiger partial charge in [-0.3, -0.25) is 14.7 Å². The summed E-state index contributed by atoms with van der Waals surface area (Å²) in [5.74, 6) is -0.106. The van der Waals surface area contributed by atoms with Crippen LogP contribution in [0, 0.1) is 20.8 Å². The predicted octanol–water partition coefficient (Wildman–Crippen LogP) is 0.986. The zero-order valence-electron chi connectivity index (χ0n) is 12.6. The molecule has 0 aromatic carbocycles. The van der Waals surface area contributed by atoms with E-state index in [1.165, 1.54) is 4.68 Å². The van der Waals surface area contributed by atoms with Crippen LogP contribution in [0.2, 0.25) is 0 Å². The van der Waals surface area contributed by atoms with Crippen LogP contribution in [0.25, 0.3) is 5.95 Å². The van der Waals surface area contributed by atoms with Gasteiger partial charge in [0.1, 0.15) is 0 Å². The fraction of sp³-hybridized carbons (Fsp3) is 0.429. The Hall–Kier alpha value is -2.44. The monoisotopic (exact) mass is 290 g/mol. The van der Waals surface area contributed by atoms with Crippen LogP contribution >= 0.6 is 0 Å². The second-order valence-corrected chi connectivity index (χ2v) is 4.79. The molecule has 0 aliphatic heterocycles. The molecule has 0 saturated carbocycles. The molecule has 0 bridgehead atoms. The Labute approximate surface area is 122 Å². The molecule has 1 N–H and O–H groups in total. The standard InChI is InChI=1S/C14H18N4O3/c1-5-21-12(19)7-11-10(4)13(20)18(17-11)14-15-8(2)6-9(3)16-14/h6,17H,5,7H2,1-4H3. The Morgan fingerprint density at radius 2 is 1.90 bits per heavy atom. The molecule has 0 unspecified atom stereocenters. The quantitative estimate of drug-likeness (QED) is 0.848. The van der Waals surface area contributed by atoms with Crippen molar-refractivity contribution in [3.8, 4) is 5.95 Å². The predicted molar refractivity (Wildman–Crippen MR) is 76.5 cm³/mol. The average molecular weight is 290 g/mol. The van der Waals surface area contributed by atoms with E-state index < -0.39 is 0 Å². The summed E-state index contributed by atoms with van der Waals surface area (Å²) >= 11 is 0. The number of hydrogen-bond acceptors (Lipinski definition) is 5. The number of aromatic amines is 1. The van der Waals surface area contributed by atoms with Gasteiger partial charge in [-0.15, -0.1) is 0 Å². The summed E-state index contributed by atoms with van der Waals surface area (Å²) in [6.45, 7) is 7.37. The van der Waals surface area contributed by atoms with Gasteiger partial charge in [-0.2, -0.15) is 4.68 Å². The van der Waals surface area contributed by atoms with Crippen molar-refractivity contribution in [1.82, 2.24) is 19.7 Å². The Bertz CT molecular complexity index is 710. The van der Waals surface area contributed by atoms with E-state index in [2.05, 4.69) is 15.1 Å². The molecular formula is C14H18N4O3. The molecule has 0 radical (unpaired) electrons. The smallest absolute Gasteiger partial charge is 0.311 e. The molecule has 2 heterocycles. The molecule has 0 atom stereocenters. The number of carbonyl (C=O) groups excluding carboxylic acids is 1. The first-order valence-electron chi connectivity index (χ1n) is 6.71. The molecule has 0 spiro atoms. The van der Waals surface area contributed by atoms with Gasteiger partial charge in [-0.05, 0) is 33.8 Å². The number of aryl methyl sites for hydroxylation is 2. The number of nitrogens with one attached hydrogen (secondary N) is 1. The molecule has 0 fully saturated rings. The number of hydrogen-bond donors (Lipinski definition) is 1. The number of nitrogens with zero attached hydrogens (tertiary/aromatic N) is 3. The molecule has 7 heteroatoms. The van der Waals surface area contributed by atoms with Crippen molar-refractivity contribution in [3.05, 3.63) is 39.1 Å². The number of ether oxygens (including phenoxy) is 1. The van der Waals surface area contributed by atoms with E-state index in [1.54, 1.807) is 13.8 Å². The summed E-state index contributed by atoms with van der Waals surface area (Å²) in [6, 6.07) is 1.82. The Morgan fingerprint density at radius 1 is 1.29 bits per heavy atom. The fourth-order valence-electron chi connectivity index (χ4n) is 2.04. The molecule has 0 saturated heterocycles.